The van der Waals surface area contributed by atoms with Crippen LogP contribution in [0.4, 0.5) is 13.2 Å². The van der Waals surface area contributed by atoms with Crippen molar-refractivity contribution in [3.05, 3.63) is 119 Å². The maximum Gasteiger partial charge on any atom is 0.416 e. The fourth-order valence-electron chi connectivity index (χ4n) is 5.70. The van der Waals surface area contributed by atoms with Gasteiger partial charge in [0.15, 0.2) is 5.78 Å². The predicted octanol–water partition coefficient (Wildman–Crippen LogP) is 8.57. The minimum Gasteiger partial charge on any atom is -0.497 e. The second-order valence-corrected chi connectivity index (χ2v) is 12.1. The largest absolute Gasteiger partial charge is 0.497 e. The predicted molar refractivity (Wildman–Crippen MR) is 187 cm³/mol. The smallest absolute Gasteiger partial charge is 0.416 e. The second-order valence-electron chi connectivity index (χ2n) is 12.1. The molecule has 5 aromatic rings. The summed E-state index contributed by atoms with van der Waals surface area (Å²) in [4.78, 5) is 18.0. The number of benzene rings is 4. The van der Waals surface area contributed by atoms with Crippen molar-refractivity contribution in [1.29, 1.82) is 0 Å². The van der Waals surface area contributed by atoms with E-state index in [9.17, 15) is 18.0 Å². The molecule has 7 nitrogen and oxygen atoms in total. The zero-order chi connectivity index (χ0) is 35.7. The van der Waals surface area contributed by atoms with Gasteiger partial charge in [-0.15, -0.1) is 0 Å². The third-order valence-electron chi connectivity index (χ3n) is 8.24. The van der Waals surface area contributed by atoms with Crippen LogP contribution in [0.5, 0.6) is 5.75 Å². The molecular weight excluding hydrogens is 645 g/mol. The number of methoxy groups -OCH3 is 1. The Morgan fingerprint density at radius 1 is 0.780 bits per heavy atom. The lowest BCUT2D eigenvalue weighted by atomic mass is 10.0. The van der Waals surface area contributed by atoms with Crippen molar-refractivity contribution in [1.82, 2.24) is 9.55 Å². The molecule has 4 aromatic carbocycles. The molecule has 262 valence electrons. The summed E-state index contributed by atoms with van der Waals surface area (Å²) in [6, 6.07) is 26.7. The molecule has 0 unspecified atom stereocenters. The van der Waals surface area contributed by atoms with Crippen molar-refractivity contribution in [2.45, 2.75) is 39.4 Å². The lowest BCUT2D eigenvalue weighted by Crippen LogP contribution is -2.09. The van der Waals surface area contributed by atoms with Gasteiger partial charge in [0, 0.05) is 41.8 Å². The molecule has 5 rings (SSSR count). The third-order valence-corrected chi connectivity index (χ3v) is 8.24. The van der Waals surface area contributed by atoms with Crippen LogP contribution >= 0.6 is 0 Å². The van der Waals surface area contributed by atoms with E-state index < -0.39 is 11.7 Å². The molecule has 0 radical (unpaired) electrons. The van der Waals surface area contributed by atoms with Crippen LogP contribution in [0.2, 0.25) is 0 Å². The summed E-state index contributed by atoms with van der Waals surface area (Å²) in [5.74, 6) is 1.05. The Hall–Kier alpha value is -4.77. The monoisotopic (exact) mass is 686 g/mol. The molecule has 0 spiro atoms. The van der Waals surface area contributed by atoms with Gasteiger partial charge >= 0.3 is 6.18 Å². The van der Waals surface area contributed by atoms with E-state index in [1.165, 1.54) is 0 Å². The molecule has 0 saturated carbocycles. The summed E-state index contributed by atoms with van der Waals surface area (Å²) < 4.78 is 60.1. The van der Waals surface area contributed by atoms with Crippen LogP contribution in [0.15, 0.2) is 91.0 Å². The van der Waals surface area contributed by atoms with Gasteiger partial charge in [-0.25, -0.2) is 4.98 Å². The fourth-order valence-corrected chi connectivity index (χ4v) is 5.70. The van der Waals surface area contributed by atoms with E-state index in [0.29, 0.717) is 66.6 Å². The summed E-state index contributed by atoms with van der Waals surface area (Å²) in [5, 5.41) is 8.75. The standard InChI is InChI=1S/C40H41F3N2O5/c1-27-6-10-31(11-7-27)37-38(32-14-16-35(48-3)17-15-32)45(39(44-37)33-23-28(2)24-34(25-33)40(41,42)43)26-29-8-12-30(13-9-29)36(47)5-4-19-49-21-22-50-20-18-46/h6-17,23-25,46H,4-5,18-22,26H2,1-3H3. The van der Waals surface area contributed by atoms with Crippen molar-refractivity contribution in [3.8, 4) is 39.7 Å². The SMILES string of the molecule is COc1ccc(-c2c(-c3ccc(C)cc3)nc(-c3cc(C)cc(C(F)(F)F)c3)n2Cc2ccc(C(=O)CCCOCCOCCO)cc2)cc1. The number of aromatic nitrogens is 2. The number of carbonyl (C=O) groups is 1. The molecule has 0 bridgehead atoms. The van der Waals surface area contributed by atoms with Crippen molar-refractivity contribution in [3.63, 3.8) is 0 Å². The third kappa shape index (κ3) is 9.26. The highest BCUT2D eigenvalue weighted by Gasteiger charge is 2.32. The summed E-state index contributed by atoms with van der Waals surface area (Å²) in [7, 11) is 1.59. The van der Waals surface area contributed by atoms with Crippen molar-refractivity contribution in [2.75, 3.05) is 40.1 Å². The maximum absolute atomic E-state index is 14.0. The van der Waals surface area contributed by atoms with E-state index in [2.05, 4.69) is 0 Å². The quantitative estimate of drug-likeness (QED) is 0.0828. The molecule has 0 saturated heterocycles. The molecule has 0 aliphatic rings. The van der Waals surface area contributed by atoms with E-state index in [1.807, 2.05) is 72.2 Å². The van der Waals surface area contributed by atoms with Gasteiger partial charge < -0.3 is 23.9 Å². The van der Waals surface area contributed by atoms with Crippen molar-refractivity contribution >= 4 is 5.78 Å². The van der Waals surface area contributed by atoms with Crippen LogP contribution in [0, 0.1) is 13.8 Å². The van der Waals surface area contributed by atoms with Crippen LogP contribution in [-0.2, 0) is 22.2 Å². The van der Waals surface area contributed by atoms with Gasteiger partial charge in [0.25, 0.3) is 0 Å². The normalized spacial score (nSPS) is 11.6. The number of imidazole rings is 1. The van der Waals surface area contributed by atoms with Gasteiger partial charge in [-0.3, -0.25) is 4.79 Å². The molecular formula is C40H41F3N2O5. The number of aliphatic hydroxyl groups excluding tert-OH is 1. The Morgan fingerprint density at radius 2 is 1.44 bits per heavy atom. The molecule has 10 heteroatoms. The molecule has 0 aliphatic carbocycles. The Morgan fingerprint density at radius 3 is 2.08 bits per heavy atom. The summed E-state index contributed by atoms with van der Waals surface area (Å²) in [5.41, 5.74) is 5.57. The average molecular weight is 687 g/mol. The first-order valence-electron chi connectivity index (χ1n) is 16.5. The molecule has 1 N–H and O–H groups in total. The number of ether oxygens (including phenoxy) is 3. The van der Waals surface area contributed by atoms with E-state index in [-0.39, 0.29) is 25.5 Å². The number of aliphatic hydroxyl groups is 1. The summed E-state index contributed by atoms with van der Waals surface area (Å²) in [6.07, 6.45) is -3.65. The number of nitrogens with zero attached hydrogens (tertiary/aromatic N) is 2. The first-order valence-corrected chi connectivity index (χ1v) is 16.5. The number of alkyl halides is 3. The molecule has 0 aliphatic heterocycles. The Bertz CT molecular complexity index is 1870. The van der Waals surface area contributed by atoms with Crippen molar-refractivity contribution in [2.24, 2.45) is 0 Å². The Labute approximate surface area is 290 Å². The highest BCUT2D eigenvalue weighted by atomic mass is 19.4. The number of aryl methyl sites for hydroxylation is 2. The maximum atomic E-state index is 14.0. The molecule has 0 fully saturated rings. The first-order chi connectivity index (χ1) is 24.1. The lowest BCUT2D eigenvalue weighted by Gasteiger charge is -2.16. The van der Waals surface area contributed by atoms with Crippen LogP contribution < -0.4 is 4.74 Å². The number of ketones is 1. The molecule has 0 amide bonds. The zero-order valence-electron chi connectivity index (χ0n) is 28.4. The van der Waals surface area contributed by atoms with Gasteiger partial charge in [0.05, 0.1) is 50.5 Å². The number of halogens is 3. The number of rotatable bonds is 16. The molecule has 0 atom stereocenters. The van der Waals surface area contributed by atoms with E-state index >= 15 is 0 Å². The first kappa shape index (κ1) is 36.5. The lowest BCUT2D eigenvalue weighted by molar-refractivity contribution is -0.137. The van der Waals surface area contributed by atoms with Gasteiger partial charge in [-0.1, -0.05) is 54.1 Å². The topological polar surface area (TPSA) is 82.8 Å². The van der Waals surface area contributed by atoms with Crippen LogP contribution in [0.25, 0.3) is 33.9 Å². The molecule has 50 heavy (non-hydrogen) atoms. The molecule has 1 aromatic heterocycles. The minimum atomic E-state index is -4.53. The highest BCUT2D eigenvalue weighted by molar-refractivity contribution is 5.96. The second kappa shape index (κ2) is 16.8. The van der Waals surface area contributed by atoms with E-state index in [0.717, 1.165) is 40.1 Å². The van der Waals surface area contributed by atoms with Gasteiger partial charge in [0.1, 0.15) is 11.6 Å². The number of carbonyl (C=O) groups excluding carboxylic acids is 1. The number of Topliss-reactive ketones (excluding diaryl/α,β-unsaturated/α-hetero) is 1. The number of hydrogen-bond donors (Lipinski definition) is 1. The summed E-state index contributed by atoms with van der Waals surface area (Å²) in [6.45, 7) is 5.34. The van der Waals surface area contributed by atoms with Crippen LogP contribution in [-0.4, -0.2) is 60.6 Å². The zero-order valence-corrected chi connectivity index (χ0v) is 28.4. The van der Waals surface area contributed by atoms with Gasteiger partial charge in [-0.2, -0.15) is 13.2 Å². The highest BCUT2D eigenvalue weighted by Crippen LogP contribution is 2.39. The van der Waals surface area contributed by atoms with Gasteiger partial charge in [-0.05, 0) is 73.9 Å². The minimum absolute atomic E-state index is 0.0139. The van der Waals surface area contributed by atoms with Crippen LogP contribution in [0.3, 0.4) is 0 Å². The van der Waals surface area contributed by atoms with Crippen LogP contribution in [0.1, 0.15) is 45.5 Å². The van der Waals surface area contributed by atoms with E-state index in [1.54, 1.807) is 32.2 Å². The molecule has 1 heterocycles. The Balaban J connectivity index is 1.51. The Kier molecular flexibility index (Phi) is 12.2. The van der Waals surface area contributed by atoms with E-state index in [4.69, 9.17) is 24.3 Å². The number of hydrogen-bond acceptors (Lipinski definition) is 6. The van der Waals surface area contributed by atoms with Gasteiger partial charge in [0.2, 0.25) is 0 Å². The fraction of sp³-hybridized carbons (Fsp3) is 0.300. The summed E-state index contributed by atoms with van der Waals surface area (Å²) >= 11 is 0. The average Bonchev–Trinajstić information content (AvgIpc) is 3.48. The van der Waals surface area contributed by atoms with Crippen molar-refractivity contribution < 1.29 is 37.3 Å².